The predicted molar refractivity (Wildman–Crippen MR) is 78.5 cm³/mol. The average molecular weight is 337 g/mol. The van der Waals surface area contributed by atoms with E-state index in [4.69, 9.17) is 5.73 Å². The van der Waals surface area contributed by atoms with Crippen LogP contribution >= 0.6 is 11.8 Å². The first-order valence-electron chi connectivity index (χ1n) is 6.60. The number of thioether (sulfide) groups is 1. The van der Waals surface area contributed by atoms with Crippen LogP contribution in [0.25, 0.3) is 0 Å². The van der Waals surface area contributed by atoms with Crippen molar-refractivity contribution in [3.63, 3.8) is 0 Å². The minimum atomic E-state index is -0.525. The molecule has 4 N–H and O–H groups in total. The Hall–Kier alpha value is -2.62. The topological polar surface area (TPSA) is 127 Å². The molecule has 1 amide bonds. The SMILES string of the molecule is NC(=O)CSc1nonc1/C(=N\O)NC1Cc2c(F)cccc21. The largest absolute Gasteiger partial charge is 0.409 e. The van der Waals surface area contributed by atoms with Crippen LogP contribution in [0.5, 0.6) is 0 Å². The van der Waals surface area contributed by atoms with Gasteiger partial charge in [-0.2, -0.15) is 0 Å². The highest BCUT2D eigenvalue weighted by molar-refractivity contribution is 8.00. The molecule has 1 aromatic heterocycles. The zero-order valence-electron chi connectivity index (χ0n) is 11.7. The Labute approximate surface area is 133 Å². The van der Waals surface area contributed by atoms with Gasteiger partial charge in [-0.3, -0.25) is 4.79 Å². The molecular formula is C13H12FN5O3S. The Morgan fingerprint density at radius 3 is 3.13 bits per heavy atom. The minimum absolute atomic E-state index is 0.0165. The molecule has 1 aliphatic carbocycles. The summed E-state index contributed by atoms with van der Waals surface area (Å²) >= 11 is 1.01. The van der Waals surface area contributed by atoms with E-state index in [1.807, 2.05) is 0 Å². The molecule has 23 heavy (non-hydrogen) atoms. The summed E-state index contributed by atoms with van der Waals surface area (Å²) in [6.07, 6.45) is 0.454. The third-order valence-corrected chi connectivity index (χ3v) is 4.35. The van der Waals surface area contributed by atoms with Crippen molar-refractivity contribution in [1.82, 2.24) is 15.6 Å². The Kier molecular flexibility index (Phi) is 4.15. The summed E-state index contributed by atoms with van der Waals surface area (Å²) < 4.78 is 18.2. The summed E-state index contributed by atoms with van der Waals surface area (Å²) in [4.78, 5) is 10.8. The van der Waals surface area contributed by atoms with Crippen LogP contribution in [0.2, 0.25) is 0 Å². The standard InChI is InChI=1S/C13H12FN5O3S/c14-8-3-1-2-6-7(8)4-9(6)16-12(17-21)11-13(19-22-18-11)23-5-10(15)20/h1-3,9,21H,4-5H2,(H2,15,20)(H,16,17). The molecule has 10 heteroatoms. The van der Waals surface area contributed by atoms with E-state index in [-0.39, 0.29) is 34.2 Å². The second-order valence-electron chi connectivity index (χ2n) is 4.83. The van der Waals surface area contributed by atoms with Crippen LogP contribution in [0.3, 0.4) is 0 Å². The first-order chi connectivity index (χ1) is 11.1. The fraction of sp³-hybridized carbons (Fsp3) is 0.231. The molecule has 0 fully saturated rings. The predicted octanol–water partition coefficient (Wildman–Crippen LogP) is 0.809. The number of primary amides is 1. The van der Waals surface area contributed by atoms with Gasteiger partial charge in [0.15, 0.2) is 16.6 Å². The highest BCUT2D eigenvalue weighted by atomic mass is 32.2. The van der Waals surface area contributed by atoms with Gasteiger partial charge >= 0.3 is 0 Å². The monoisotopic (exact) mass is 337 g/mol. The average Bonchev–Trinajstić information content (AvgIpc) is 2.96. The molecule has 1 unspecified atom stereocenters. The lowest BCUT2D eigenvalue weighted by Gasteiger charge is -2.31. The number of nitrogens with zero attached hydrogens (tertiary/aromatic N) is 3. The van der Waals surface area contributed by atoms with Gasteiger partial charge in [-0.05, 0) is 27.5 Å². The fourth-order valence-corrected chi connectivity index (χ4v) is 2.93. The molecule has 0 radical (unpaired) electrons. The van der Waals surface area contributed by atoms with Crippen LogP contribution in [0.4, 0.5) is 4.39 Å². The number of carbonyl (C=O) groups is 1. The Bertz CT molecular complexity index is 779. The van der Waals surface area contributed by atoms with E-state index < -0.39 is 5.91 Å². The summed E-state index contributed by atoms with van der Waals surface area (Å²) in [7, 11) is 0. The molecule has 0 aliphatic heterocycles. The molecule has 3 rings (SSSR count). The summed E-state index contributed by atoms with van der Waals surface area (Å²) in [5, 5.41) is 22.9. The zero-order chi connectivity index (χ0) is 16.4. The van der Waals surface area contributed by atoms with Gasteiger partial charge < -0.3 is 16.3 Å². The minimum Gasteiger partial charge on any atom is -0.409 e. The van der Waals surface area contributed by atoms with Crippen molar-refractivity contribution in [3.05, 3.63) is 40.8 Å². The van der Waals surface area contributed by atoms with Crippen molar-refractivity contribution in [3.8, 4) is 0 Å². The number of fused-ring (bicyclic) bond motifs is 1. The number of amides is 1. The Morgan fingerprint density at radius 1 is 1.57 bits per heavy atom. The second-order valence-corrected chi connectivity index (χ2v) is 5.79. The number of oxime groups is 1. The smallest absolute Gasteiger partial charge is 0.227 e. The van der Waals surface area contributed by atoms with Gasteiger partial charge in [-0.1, -0.05) is 29.1 Å². The van der Waals surface area contributed by atoms with Crippen molar-refractivity contribution in [2.45, 2.75) is 17.5 Å². The summed E-state index contributed by atoms with van der Waals surface area (Å²) in [6, 6.07) is 4.59. The summed E-state index contributed by atoms with van der Waals surface area (Å²) in [5.41, 5.74) is 6.65. The van der Waals surface area contributed by atoms with E-state index in [0.29, 0.717) is 12.0 Å². The van der Waals surface area contributed by atoms with Crippen molar-refractivity contribution in [2.24, 2.45) is 10.9 Å². The molecule has 0 bridgehead atoms. The molecule has 0 spiro atoms. The summed E-state index contributed by atoms with van der Waals surface area (Å²) in [6.45, 7) is 0. The third-order valence-electron chi connectivity index (χ3n) is 3.38. The van der Waals surface area contributed by atoms with Gasteiger partial charge in [0, 0.05) is 6.42 Å². The molecule has 1 aliphatic rings. The lowest BCUT2D eigenvalue weighted by Crippen LogP contribution is -2.37. The number of benzene rings is 1. The van der Waals surface area contributed by atoms with Gasteiger partial charge in [0.1, 0.15) is 5.82 Å². The van der Waals surface area contributed by atoms with Gasteiger partial charge in [0.2, 0.25) is 5.91 Å². The van der Waals surface area contributed by atoms with E-state index in [9.17, 15) is 14.4 Å². The van der Waals surface area contributed by atoms with Crippen LogP contribution in [0.1, 0.15) is 22.9 Å². The molecule has 0 saturated carbocycles. The number of hydrogen-bond donors (Lipinski definition) is 3. The molecule has 1 heterocycles. The van der Waals surface area contributed by atoms with Crippen LogP contribution in [0, 0.1) is 5.82 Å². The summed E-state index contributed by atoms with van der Waals surface area (Å²) in [5.74, 6) is -0.776. The second kappa shape index (κ2) is 6.24. The number of nitrogens with two attached hydrogens (primary N) is 1. The Balaban J connectivity index is 1.75. The number of rotatable bonds is 5. The highest BCUT2D eigenvalue weighted by Crippen LogP contribution is 2.35. The number of nitrogens with one attached hydrogen (secondary N) is 1. The van der Waals surface area contributed by atoms with Gasteiger partial charge in [-0.15, -0.1) is 0 Å². The fourth-order valence-electron chi connectivity index (χ4n) is 2.30. The molecule has 120 valence electrons. The van der Waals surface area contributed by atoms with Crippen LogP contribution in [-0.4, -0.2) is 33.0 Å². The first kappa shape index (κ1) is 15.3. The molecule has 1 atom stereocenters. The van der Waals surface area contributed by atoms with Gasteiger partial charge in [0.25, 0.3) is 0 Å². The zero-order valence-corrected chi connectivity index (χ0v) is 12.5. The Morgan fingerprint density at radius 2 is 2.39 bits per heavy atom. The van der Waals surface area contributed by atoms with Gasteiger partial charge in [-0.25, -0.2) is 9.02 Å². The maximum absolute atomic E-state index is 13.5. The highest BCUT2D eigenvalue weighted by Gasteiger charge is 2.31. The number of halogens is 1. The van der Waals surface area contributed by atoms with Crippen LogP contribution in [0.15, 0.2) is 33.0 Å². The van der Waals surface area contributed by atoms with E-state index in [1.54, 1.807) is 12.1 Å². The van der Waals surface area contributed by atoms with Crippen molar-refractivity contribution >= 4 is 23.5 Å². The quantitative estimate of drug-likeness (QED) is 0.242. The van der Waals surface area contributed by atoms with E-state index in [2.05, 4.69) is 25.4 Å². The number of amidine groups is 1. The molecule has 8 nitrogen and oxygen atoms in total. The molecule has 0 saturated heterocycles. The van der Waals surface area contributed by atoms with E-state index in [0.717, 1.165) is 17.3 Å². The van der Waals surface area contributed by atoms with E-state index in [1.165, 1.54) is 6.07 Å². The normalized spacial score (nSPS) is 16.6. The third kappa shape index (κ3) is 2.97. The number of hydrogen-bond acceptors (Lipinski definition) is 7. The molecular weight excluding hydrogens is 325 g/mol. The maximum Gasteiger partial charge on any atom is 0.227 e. The van der Waals surface area contributed by atoms with Gasteiger partial charge in [0.05, 0.1) is 11.8 Å². The van der Waals surface area contributed by atoms with Crippen LogP contribution < -0.4 is 11.1 Å². The lowest BCUT2D eigenvalue weighted by molar-refractivity contribution is -0.115. The van der Waals surface area contributed by atoms with Crippen molar-refractivity contribution in [1.29, 1.82) is 0 Å². The van der Waals surface area contributed by atoms with E-state index >= 15 is 0 Å². The van der Waals surface area contributed by atoms with Crippen molar-refractivity contribution < 1.29 is 19.0 Å². The number of aromatic nitrogens is 2. The van der Waals surface area contributed by atoms with Crippen molar-refractivity contribution in [2.75, 3.05) is 5.75 Å². The molecule has 1 aromatic carbocycles. The maximum atomic E-state index is 13.5. The lowest BCUT2D eigenvalue weighted by atomic mass is 9.83. The first-order valence-corrected chi connectivity index (χ1v) is 7.58. The van der Waals surface area contributed by atoms with Crippen LogP contribution in [-0.2, 0) is 11.2 Å². The number of carbonyl (C=O) groups excluding carboxylic acids is 1. The molecule has 2 aromatic rings.